The lowest BCUT2D eigenvalue weighted by molar-refractivity contribution is -0.127. The third kappa shape index (κ3) is 4.53. The molecule has 0 spiro atoms. The van der Waals surface area contributed by atoms with Crippen molar-refractivity contribution in [3.8, 4) is 0 Å². The highest BCUT2D eigenvalue weighted by molar-refractivity contribution is 5.89. The summed E-state index contributed by atoms with van der Waals surface area (Å²) in [4.78, 5) is 28.5. The standard InChI is InChI=1S/C20H29N3O2/c1-2-16-7-5-8-17(15-16)21-20(25)23-13-4-3-9-18(23)11-14-22-12-6-10-19(22)24/h5,7-8,15,18H,2-4,6,9-14H2,1H3,(H,21,25)/t18-/m0/s1. The van der Waals surface area contributed by atoms with E-state index in [4.69, 9.17) is 0 Å². The molecule has 5 heteroatoms. The fourth-order valence-electron chi connectivity index (χ4n) is 3.88. The summed E-state index contributed by atoms with van der Waals surface area (Å²) in [5.41, 5.74) is 2.09. The molecule has 3 amide bonds. The van der Waals surface area contributed by atoms with Crippen molar-refractivity contribution < 1.29 is 9.59 Å². The van der Waals surface area contributed by atoms with Crippen LogP contribution in [0.3, 0.4) is 0 Å². The second-order valence-corrected chi connectivity index (χ2v) is 7.10. The number of piperidine rings is 1. The third-order valence-corrected chi connectivity index (χ3v) is 5.38. The van der Waals surface area contributed by atoms with Gasteiger partial charge in [0.1, 0.15) is 0 Å². The molecule has 0 radical (unpaired) electrons. The van der Waals surface area contributed by atoms with Crippen LogP contribution in [0.2, 0.25) is 0 Å². The lowest BCUT2D eigenvalue weighted by Gasteiger charge is -2.36. The highest BCUT2D eigenvalue weighted by atomic mass is 16.2. The van der Waals surface area contributed by atoms with Gasteiger partial charge in [-0.05, 0) is 56.2 Å². The smallest absolute Gasteiger partial charge is 0.322 e. The number of anilines is 1. The summed E-state index contributed by atoms with van der Waals surface area (Å²) in [6, 6.07) is 8.27. The van der Waals surface area contributed by atoms with E-state index in [9.17, 15) is 9.59 Å². The summed E-state index contributed by atoms with van der Waals surface area (Å²) in [6.07, 6.45) is 6.75. The number of amides is 3. The number of hydrogen-bond acceptors (Lipinski definition) is 2. The molecule has 1 atom stereocenters. The third-order valence-electron chi connectivity index (χ3n) is 5.38. The normalized spacial score (nSPS) is 20.8. The first-order chi connectivity index (χ1) is 12.2. The van der Waals surface area contributed by atoms with Crippen LogP contribution in [0.4, 0.5) is 10.5 Å². The molecule has 0 aliphatic carbocycles. The number of nitrogens with one attached hydrogen (secondary N) is 1. The topological polar surface area (TPSA) is 52.7 Å². The van der Waals surface area contributed by atoms with E-state index in [1.54, 1.807) is 0 Å². The lowest BCUT2D eigenvalue weighted by Crippen LogP contribution is -2.47. The minimum absolute atomic E-state index is 0.00861. The fourth-order valence-corrected chi connectivity index (χ4v) is 3.88. The second-order valence-electron chi connectivity index (χ2n) is 7.10. The van der Waals surface area contributed by atoms with Gasteiger partial charge in [-0.3, -0.25) is 4.79 Å². The zero-order chi connectivity index (χ0) is 17.6. The van der Waals surface area contributed by atoms with Gasteiger partial charge in [-0.15, -0.1) is 0 Å². The van der Waals surface area contributed by atoms with E-state index in [2.05, 4.69) is 18.3 Å². The number of likely N-dealkylation sites (tertiary alicyclic amines) is 2. The Kier molecular flexibility index (Phi) is 5.95. The van der Waals surface area contributed by atoms with Crippen molar-refractivity contribution >= 4 is 17.6 Å². The first-order valence-electron chi connectivity index (χ1n) is 9.61. The first kappa shape index (κ1) is 17.8. The van der Waals surface area contributed by atoms with Crippen LogP contribution in [-0.2, 0) is 11.2 Å². The van der Waals surface area contributed by atoms with E-state index < -0.39 is 0 Å². The van der Waals surface area contributed by atoms with Crippen LogP contribution in [0.5, 0.6) is 0 Å². The average Bonchev–Trinajstić information content (AvgIpc) is 3.05. The second kappa shape index (κ2) is 8.37. The molecule has 1 N–H and O–H groups in total. The van der Waals surface area contributed by atoms with Crippen molar-refractivity contribution in [3.63, 3.8) is 0 Å². The van der Waals surface area contributed by atoms with Gasteiger partial charge in [-0.1, -0.05) is 19.1 Å². The molecule has 0 bridgehead atoms. The summed E-state index contributed by atoms with van der Waals surface area (Å²) in [5, 5.41) is 3.06. The van der Waals surface area contributed by atoms with Gasteiger partial charge in [0.05, 0.1) is 0 Å². The summed E-state index contributed by atoms with van der Waals surface area (Å²) in [7, 11) is 0. The molecule has 5 nitrogen and oxygen atoms in total. The Hall–Kier alpha value is -2.04. The molecule has 1 aromatic carbocycles. The number of carbonyl (C=O) groups excluding carboxylic acids is 2. The fraction of sp³-hybridized carbons (Fsp3) is 0.600. The number of nitrogens with zero attached hydrogens (tertiary/aromatic N) is 2. The molecule has 3 rings (SSSR count). The monoisotopic (exact) mass is 343 g/mol. The number of carbonyl (C=O) groups is 2. The summed E-state index contributed by atoms with van der Waals surface area (Å²) in [5.74, 6) is 0.267. The minimum Gasteiger partial charge on any atom is -0.343 e. The highest BCUT2D eigenvalue weighted by Crippen LogP contribution is 2.23. The van der Waals surface area contributed by atoms with Crippen molar-refractivity contribution in [2.45, 2.75) is 57.9 Å². The molecular formula is C20H29N3O2. The van der Waals surface area contributed by atoms with Gasteiger partial charge in [0.15, 0.2) is 0 Å². The molecule has 0 saturated carbocycles. The molecule has 0 unspecified atom stereocenters. The van der Waals surface area contributed by atoms with Crippen molar-refractivity contribution in [2.75, 3.05) is 25.0 Å². The van der Waals surface area contributed by atoms with Gasteiger partial charge in [0.2, 0.25) is 5.91 Å². The number of benzene rings is 1. The molecule has 2 heterocycles. The largest absolute Gasteiger partial charge is 0.343 e. The van der Waals surface area contributed by atoms with E-state index in [1.165, 1.54) is 5.56 Å². The molecular weight excluding hydrogens is 314 g/mol. The number of aryl methyl sites for hydroxylation is 1. The Morgan fingerprint density at radius 2 is 2.12 bits per heavy atom. The maximum atomic E-state index is 12.8. The van der Waals surface area contributed by atoms with Crippen LogP contribution in [-0.4, -0.2) is 47.4 Å². The Morgan fingerprint density at radius 3 is 2.88 bits per heavy atom. The summed E-state index contributed by atoms with van der Waals surface area (Å²) in [6.45, 7) is 4.57. The van der Waals surface area contributed by atoms with Crippen LogP contribution < -0.4 is 5.32 Å². The van der Waals surface area contributed by atoms with E-state index >= 15 is 0 Å². The lowest BCUT2D eigenvalue weighted by atomic mass is 9.99. The van der Waals surface area contributed by atoms with E-state index in [1.807, 2.05) is 28.0 Å². The quantitative estimate of drug-likeness (QED) is 0.887. The van der Waals surface area contributed by atoms with Crippen LogP contribution >= 0.6 is 0 Å². The maximum Gasteiger partial charge on any atom is 0.322 e. The van der Waals surface area contributed by atoms with Gasteiger partial charge in [0, 0.05) is 37.8 Å². The van der Waals surface area contributed by atoms with Crippen LogP contribution in [0.1, 0.15) is 51.0 Å². The van der Waals surface area contributed by atoms with Gasteiger partial charge >= 0.3 is 6.03 Å². The minimum atomic E-state index is -0.00861. The van der Waals surface area contributed by atoms with Gasteiger partial charge in [-0.2, -0.15) is 0 Å². The summed E-state index contributed by atoms with van der Waals surface area (Å²) < 4.78 is 0. The van der Waals surface area contributed by atoms with E-state index in [-0.39, 0.29) is 18.0 Å². The SMILES string of the molecule is CCc1cccc(NC(=O)N2CCCC[C@H]2CCN2CCCC2=O)c1. The Bertz CT molecular complexity index is 617. The van der Waals surface area contributed by atoms with Crippen LogP contribution in [0.15, 0.2) is 24.3 Å². The number of urea groups is 1. The van der Waals surface area contributed by atoms with Crippen molar-refractivity contribution in [3.05, 3.63) is 29.8 Å². The Balaban J connectivity index is 1.59. The van der Waals surface area contributed by atoms with Crippen LogP contribution in [0.25, 0.3) is 0 Å². The number of hydrogen-bond donors (Lipinski definition) is 1. The maximum absolute atomic E-state index is 12.8. The van der Waals surface area contributed by atoms with Crippen molar-refractivity contribution in [1.29, 1.82) is 0 Å². The van der Waals surface area contributed by atoms with Gasteiger partial charge < -0.3 is 15.1 Å². The molecule has 25 heavy (non-hydrogen) atoms. The molecule has 2 aliphatic heterocycles. The molecule has 2 fully saturated rings. The van der Waals surface area contributed by atoms with Gasteiger partial charge in [0.25, 0.3) is 0 Å². The van der Waals surface area contributed by atoms with Crippen molar-refractivity contribution in [1.82, 2.24) is 9.80 Å². The zero-order valence-electron chi connectivity index (χ0n) is 15.2. The predicted molar refractivity (Wildman–Crippen MR) is 99.6 cm³/mol. The highest BCUT2D eigenvalue weighted by Gasteiger charge is 2.28. The predicted octanol–water partition coefficient (Wildman–Crippen LogP) is 3.65. The first-order valence-corrected chi connectivity index (χ1v) is 9.61. The molecule has 2 aliphatic rings. The van der Waals surface area contributed by atoms with E-state index in [0.717, 1.165) is 63.8 Å². The average molecular weight is 343 g/mol. The van der Waals surface area contributed by atoms with E-state index in [0.29, 0.717) is 6.42 Å². The summed E-state index contributed by atoms with van der Waals surface area (Å²) >= 11 is 0. The Morgan fingerprint density at radius 1 is 1.24 bits per heavy atom. The Labute approximate surface area is 150 Å². The molecule has 1 aromatic rings. The molecule has 136 valence electrons. The van der Waals surface area contributed by atoms with Gasteiger partial charge in [-0.25, -0.2) is 4.79 Å². The van der Waals surface area contributed by atoms with Crippen LogP contribution in [0, 0.1) is 0 Å². The van der Waals surface area contributed by atoms with Crippen molar-refractivity contribution in [2.24, 2.45) is 0 Å². The zero-order valence-corrected chi connectivity index (χ0v) is 15.2. The number of rotatable bonds is 5. The molecule has 2 saturated heterocycles. The molecule has 0 aromatic heterocycles.